The van der Waals surface area contributed by atoms with Gasteiger partial charge in [-0.05, 0) is 12.8 Å². The van der Waals surface area contributed by atoms with Crippen molar-refractivity contribution >= 4 is 11.9 Å². The zero-order valence-corrected chi connectivity index (χ0v) is 7.60. The van der Waals surface area contributed by atoms with Gasteiger partial charge in [-0.15, -0.1) is 0 Å². The maximum atomic E-state index is 11.2. The topological polar surface area (TPSA) is 95.9 Å². The summed E-state index contributed by atoms with van der Waals surface area (Å²) in [6, 6.07) is 0. The molecule has 1 aliphatic heterocycles. The minimum absolute atomic E-state index is 0.138. The zero-order chi connectivity index (χ0) is 10.6. The normalized spacial score (nSPS) is 26.1. The summed E-state index contributed by atoms with van der Waals surface area (Å²) in [5.74, 6) is -1.40. The van der Waals surface area contributed by atoms with Crippen LogP contribution < -0.4 is 5.32 Å². The van der Waals surface area contributed by atoms with Gasteiger partial charge in [0.1, 0.15) is 6.10 Å². The molecular formula is C8H13NO5. The van der Waals surface area contributed by atoms with Crippen LogP contribution in [0, 0.1) is 0 Å². The number of rotatable bonds is 4. The van der Waals surface area contributed by atoms with Crippen molar-refractivity contribution in [2.24, 2.45) is 0 Å². The molecule has 1 rings (SSSR count). The number of nitrogens with one attached hydrogen (secondary N) is 1. The molecule has 80 valence electrons. The molecule has 1 heterocycles. The van der Waals surface area contributed by atoms with Crippen LogP contribution in [0.2, 0.25) is 0 Å². The third kappa shape index (κ3) is 2.68. The third-order valence-electron chi connectivity index (χ3n) is 2.00. The molecule has 0 unspecified atom stereocenters. The van der Waals surface area contributed by atoms with E-state index >= 15 is 0 Å². The van der Waals surface area contributed by atoms with Gasteiger partial charge in [0.15, 0.2) is 6.10 Å². The van der Waals surface area contributed by atoms with Gasteiger partial charge in [-0.2, -0.15) is 0 Å². The summed E-state index contributed by atoms with van der Waals surface area (Å²) in [6.07, 6.45) is -0.802. The largest absolute Gasteiger partial charge is 0.479 e. The number of aliphatic hydroxyl groups is 1. The third-order valence-corrected chi connectivity index (χ3v) is 2.00. The molecule has 0 aromatic carbocycles. The summed E-state index contributed by atoms with van der Waals surface area (Å²) in [6.45, 7) is 0.0251. The maximum Gasteiger partial charge on any atom is 0.332 e. The number of amides is 1. The highest BCUT2D eigenvalue weighted by molar-refractivity contribution is 5.82. The molecule has 2 atom stereocenters. The van der Waals surface area contributed by atoms with E-state index < -0.39 is 18.2 Å². The molecule has 0 radical (unpaired) electrons. The van der Waals surface area contributed by atoms with E-state index in [1.54, 1.807) is 0 Å². The van der Waals surface area contributed by atoms with Crippen LogP contribution in [-0.2, 0) is 14.3 Å². The molecule has 6 nitrogen and oxygen atoms in total. The second-order valence-corrected chi connectivity index (χ2v) is 3.04. The number of hydrogen-bond donors (Lipinski definition) is 3. The van der Waals surface area contributed by atoms with Crippen LogP contribution in [0.3, 0.4) is 0 Å². The van der Waals surface area contributed by atoms with Crippen molar-refractivity contribution in [3.8, 4) is 0 Å². The molecule has 0 aliphatic carbocycles. The Kier molecular flexibility index (Phi) is 3.84. The first kappa shape index (κ1) is 10.9. The fourth-order valence-corrected chi connectivity index (χ4v) is 1.30. The summed E-state index contributed by atoms with van der Waals surface area (Å²) in [5.41, 5.74) is 0. The van der Waals surface area contributed by atoms with Crippen LogP contribution in [0.25, 0.3) is 0 Å². The highest BCUT2D eigenvalue weighted by atomic mass is 16.5. The van der Waals surface area contributed by atoms with E-state index in [1.807, 2.05) is 0 Å². The quantitative estimate of drug-likeness (QED) is 0.529. The summed E-state index contributed by atoms with van der Waals surface area (Å²) in [5, 5.41) is 19.5. The number of aliphatic hydroxyl groups excluding tert-OH is 1. The van der Waals surface area contributed by atoms with Gasteiger partial charge in [0.25, 0.3) is 0 Å². The van der Waals surface area contributed by atoms with E-state index in [0.717, 1.165) is 0 Å². The molecule has 0 aromatic rings. The van der Waals surface area contributed by atoms with Gasteiger partial charge in [0.05, 0.1) is 6.61 Å². The fourth-order valence-electron chi connectivity index (χ4n) is 1.30. The lowest BCUT2D eigenvalue weighted by Crippen LogP contribution is -2.36. The van der Waals surface area contributed by atoms with Gasteiger partial charge in [0, 0.05) is 6.54 Å². The number of carbonyl (C=O) groups is 2. The molecule has 6 heteroatoms. The first-order chi connectivity index (χ1) is 6.65. The molecule has 0 bridgehead atoms. The Balaban J connectivity index is 2.34. The second kappa shape index (κ2) is 4.92. The lowest BCUT2D eigenvalue weighted by molar-refractivity contribution is -0.151. The molecule has 1 saturated heterocycles. The zero-order valence-electron chi connectivity index (χ0n) is 7.60. The molecule has 14 heavy (non-hydrogen) atoms. The molecule has 1 amide bonds. The smallest absolute Gasteiger partial charge is 0.332 e. The molecule has 3 N–H and O–H groups in total. The Bertz CT molecular complexity index is 230. The van der Waals surface area contributed by atoms with E-state index in [1.165, 1.54) is 0 Å². The monoisotopic (exact) mass is 203 g/mol. The highest BCUT2D eigenvalue weighted by Crippen LogP contribution is 2.19. The molecular weight excluding hydrogens is 190 g/mol. The van der Waals surface area contributed by atoms with Crippen molar-refractivity contribution in [1.82, 2.24) is 5.32 Å². The average molecular weight is 203 g/mol. The second-order valence-electron chi connectivity index (χ2n) is 3.04. The Hall–Kier alpha value is -1.14. The van der Waals surface area contributed by atoms with Crippen molar-refractivity contribution < 1.29 is 24.5 Å². The van der Waals surface area contributed by atoms with E-state index in [0.29, 0.717) is 12.8 Å². The lowest BCUT2D eigenvalue weighted by atomic mass is 10.2. The molecule has 1 aliphatic rings. The Morgan fingerprint density at radius 1 is 1.36 bits per heavy atom. The minimum atomic E-state index is -1.04. The van der Waals surface area contributed by atoms with Crippen molar-refractivity contribution in [2.75, 3.05) is 13.2 Å². The van der Waals surface area contributed by atoms with E-state index in [2.05, 4.69) is 5.32 Å². The molecule has 0 spiro atoms. The first-order valence-corrected chi connectivity index (χ1v) is 4.42. The Labute approximate surface area is 80.9 Å². The number of aliphatic carboxylic acids is 1. The number of carboxylic acids is 1. The molecule has 1 fully saturated rings. The van der Waals surface area contributed by atoms with Crippen molar-refractivity contribution in [3.05, 3.63) is 0 Å². The van der Waals surface area contributed by atoms with Crippen LogP contribution in [0.5, 0.6) is 0 Å². The first-order valence-electron chi connectivity index (χ1n) is 4.42. The number of ether oxygens (including phenoxy) is 1. The van der Waals surface area contributed by atoms with E-state index in [4.69, 9.17) is 14.9 Å². The number of carboxylic acid groups (broad SMARTS) is 1. The highest BCUT2D eigenvalue weighted by Gasteiger charge is 2.34. The van der Waals surface area contributed by atoms with Crippen LogP contribution in [0.1, 0.15) is 12.8 Å². The van der Waals surface area contributed by atoms with E-state index in [-0.39, 0.29) is 19.1 Å². The maximum absolute atomic E-state index is 11.2. The number of carbonyl (C=O) groups excluding carboxylic acids is 1. The van der Waals surface area contributed by atoms with Gasteiger partial charge in [-0.25, -0.2) is 4.79 Å². The Morgan fingerprint density at radius 2 is 2.00 bits per heavy atom. The predicted octanol–water partition coefficient (Wildman–Crippen LogP) is -1.27. The van der Waals surface area contributed by atoms with Gasteiger partial charge < -0.3 is 20.3 Å². The van der Waals surface area contributed by atoms with Gasteiger partial charge >= 0.3 is 5.97 Å². The van der Waals surface area contributed by atoms with E-state index in [9.17, 15) is 9.59 Å². The van der Waals surface area contributed by atoms with Gasteiger partial charge in [0.2, 0.25) is 5.91 Å². The number of hydrogen-bond acceptors (Lipinski definition) is 4. The molecule has 0 aromatic heterocycles. The van der Waals surface area contributed by atoms with Crippen LogP contribution in [-0.4, -0.2) is 47.4 Å². The standard InChI is InChI=1S/C8H13NO5/c10-4-3-9-7(11)5-1-2-6(14-5)8(12)13/h5-6,10H,1-4H2,(H,9,11)(H,12,13)/t5-,6+/m0/s1. The minimum Gasteiger partial charge on any atom is -0.479 e. The predicted molar refractivity (Wildman–Crippen MR) is 45.6 cm³/mol. The van der Waals surface area contributed by atoms with Gasteiger partial charge in [-0.3, -0.25) is 4.79 Å². The summed E-state index contributed by atoms with van der Waals surface area (Å²) < 4.78 is 4.99. The summed E-state index contributed by atoms with van der Waals surface area (Å²) in [7, 11) is 0. The van der Waals surface area contributed by atoms with Crippen molar-refractivity contribution in [2.45, 2.75) is 25.0 Å². The van der Waals surface area contributed by atoms with Gasteiger partial charge in [-0.1, -0.05) is 0 Å². The molecule has 0 saturated carbocycles. The van der Waals surface area contributed by atoms with Crippen LogP contribution in [0.4, 0.5) is 0 Å². The summed E-state index contributed by atoms with van der Waals surface area (Å²) in [4.78, 5) is 21.7. The average Bonchev–Trinajstić information content (AvgIpc) is 2.62. The Morgan fingerprint density at radius 3 is 2.50 bits per heavy atom. The lowest BCUT2D eigenvalue weighted by Gasteiger charge is -2.10. The summed E-state index contributed by atoms with van der Waals surface area (Å²) >= 11 is 0. The van der Waals surface area contributed by atoms with Crippen LogP contribution in [0.15, 0.2) is 0 Å². The van der Waals surface area contributed by atoms with Crippen LogP contribution >= 0.6 is 0 Å². The fraction of sp³-hybridized carbons (Fsp3) is 0.750. The SMILES string of the molecule is O=C(NCCO)[C@@H]1CC[C@H](C(=O)O)O1. The van der Waals surface area contributed by atoms with Crippen molar-refractivity contribution in [1.29, 1.82) is 0 Å². The van der Waals surface area contributed by atoms with Crippen molar-refractivity contribution in [3.63, 3.8) is 0 Å².